The van der Waals surface area contributed by atoms with Crippen LogP contribution in [0, 0.1) is 0 Å². The van der Waals surface area contributed by atoms with E-state index in [0.717, 1.165) is 20.1 Å². The van der Waals surface area contributed by atoms with Crippen LogP contribution in [0.15, 0.2) is 62.5 Å². The Labute approximate surface area is 165 Å². The average Bonchev–Trinajstić information content (AvgIpc) is 2.58. The fourth-order valence-corrected chi connectivity index (χ4v) is 4.60. The first-order chi connectivity index (χ1) is 12.0. The molecular weight excluding hydrogens is 469 g/mol. The monoisotopic (exact) mass is 487 g/mol. The molecule has 0 aliphatic rings. The van der Waals surface area contributed by atoms with Crippen molar-refractivity contribution in [3.63, 3.8) is 0 Å². The summed E-state index contributed by atoms with van der Waals surface area (Å²) in [5.41, 5.74) is 1.69. The summed E-state index contributed by atoms with van der Waals surface area (Å²) in [5, 5.41) is 0. The zero-order valence-electron chi connectivity index (χ0n) is 14.1. The fourth-order valence-electron chi connectivity index (χ4n) is 2.23. The highest BCUT2D eigenvalue weighted by Crippen LogP contribution is 2.61. The van der Waals surface area contributed by atoms with Gasteiger partial charge >= 0.3 is 7.60 Å². The summed E-state index contributed by atoms with van der Waals surface area (Å²) >= 11 is 6.82. The van der Waals surface area contributed by atoms with Crippen molar-refractivity contribution < 1.29 is 13.6 Å². The molecule has 2 rings (SSSR count). The zero-order valence-corrected chi connectivity index (χ0v) is 18.1. The van der Waals surface area contributed by atoms with Gasteiger partial charge in [0.05, 0.1) is 13.2 Å². The van der Waals surface area contributed by atoms with Gasteiger partial charge in [-0.2, -0.15) is 0 Å². The Kier molecular flexibility index (Phi) is 8.04. The lowest BCUT2D eigenvalue weighted by molar-refractivity contribution is 0.212. The maximum atomic E-state index is 13.3. The molecule has 0 N–H and O–H groups in total. The van der Waals surface area contributed by atoms with Gasteiger partial charge < -0.3 is 9.05 Å². The molecule has 0 saturated heterocycles. The first kappa shape index (κ1) is 20.5. The molecule has 0 fully saturated rings. The van der Waals surface area contributed by atoms with E-state index in [1.165, 1.54) is 0 Å². The number of aliphatic imine (C=N–C) groups is 1. The Hall–Kier alpha value is -0.780. The van der Waals surface area contributed by atoms with Crippen molar-refractivity contribution in [3.05, 3.63) is 68.6 Å². The van der Waals surface area contributed by atoms with Gasteiger partial charge in [0.25, 0.3) is 0 Å². The van der Waals surface area contributed by atoms with Crippen LogP contribution in [0.3, 0.4) is 0 Å². The number of hydrogen-bond donors (Lipinski definition) is 0. The standard InChI is InChI=1S/C18H20Br2NO3P/c1-3-23-25(22,24-4-2)18(15-7-11-17(20)12-8-15)21-13-14-5-9-16(19)10-6-14/h5-13,18H,3-4H2,1-2H3/b21-13+. The van der Waals surface area contributed by atoms with Crippen LogP contribution in [0.5, 0.6) is 0 Å². The van der Waals surface area contributed by atoms with Crippen molar-refractivity contribution in [1.29, 1.82) is 0 Å². The molecule has 7 heteroatoms. The van der Waals surface area contributed by atoms with E-state index in [1.54, 1.807) is 20.1 Å². The predicted octanol–water partition coefficient (Wildman–Crippen LogP) is 6.60. The average molecular weight is 489 g/mol. The quantitative estimate of drug-likeness (QED) is 0.311. The number of benzene rings is 2. The highest BCUT2D eigenvalue weighted by atomic mass is 79.9. The SMILES string of the molecule is CCOP(=O)(OCC)C(/N=C/c1ccc(Br)cc1)c1ccc(Br)cc1. The van der Waals surface area contributed by atoms with Crippen molar-refractivity contribution in [2.75, 3.05) is 13.2 Å². The first-order valence-electron chi connectivity index (χ1n) is 7.91. The molecule has 0 spiro atoms. The van der Waals surface area contributed by atoms with Crippen LogP contribution < -0.4 is 0 Å². The predicted molar refractivity (Wildman–Crippen MR) is 109 cm³/mol. The minimum Gasteiger partial charge on any atom is -0.307 e. The van der Waals surface area contributed by atoms with Crippen LogP contribution in [0.4, 0.5) is 0 Å². The second-order valence-electron chi connectivity index (χ2n) is 5.13. The van der Waals surface area contributed by atoms with Crippen LogP contribution >= 0.6 is 39.5 Å². The maximum Gasteiger partial charge on any atom is 0.359 e. The molecule has 2 aromatic rings. The molecule has 0 aliphatic heterocycles. The Morgan fingerprint density at radius 3 is 1.92 bits per heavy atom. The van der Waals surface area contributed by atoms with Crippen LogP contribution in [-0.4, -0.2) is 19.4 Å². The second kappa shape index (κ2) is 9.79. The molecule has 0 radical (unpaired) electrons. The van der Waals surface area contributed by atoms with Crippen LogP contribution in [0.2, 0.25) is 0 Å². The maximum absolute atomic E-state index is 13.3. The largest absolute Gasteiger partial charge is 0.359 e. The van der Waals surface area contributed by atoms with Gasteiger partial charge in [-0.1, -0.05) is 56.1 Å². The lowest BCUT2D eigenvalue weighted by Gasteiger charge is -2.23. The summed E-state index contributed by atoms with van der Waals surface area (Å²) in [4.78, 5) is 4.56. The van der Waals surface area contributed by atoms with E-state index in [4.69, 9.17) is 9.05 Å². The summed E-state index contributed by atoms with van der Waals surface area (Å²) in [6, 6.07) is 15.2. The second-order valence-corrected chi connectivity index (χ2v) is 9.05. The van der Waals surface area contributed by atoms with Gasteiger partial charge in [0, 0.05) is 15.2 Å². The highest BCUT2D eigenvalue weighted by Gasteiger charge is 2.36. The van der Waals surface area contributed by atoms with Gasteiger partial charge in [-0.25, -0.2) is 0 Å². The summed E-state index contributed by atoms with van der Waals surface area (Å²) in [6.45, 7) is 4.17. The number of halogens is 2. The third-order valence-corrected chi connectivity index (χ3v) is 6.64. The summed E-state index contributed by atoms with van der Waals surface area (Å²) in [6.07, 6.45) is 1.70. The molecule has 0 heterocycles. The molecule has 0 saturated carbocycles. The molecule has 1 atom stereocenters. The lowest BCUT2D eigenvalue weighted by atomic mass is 10.2. The molecule has 0 aliphatic carbocycles. The summed E-state index contributed by atoms with van der Waals surface area (Å²) in [5.74, 6) is -0.718. The Bertz CT molecular complexity index is 738. The van der Waals surface area contributed by atoms with Gasteiger partial charge in [0.2, 0.25) is 0 Å². The normalized spacial score (nSPS) is 13.3. The van der Waals surface area contributed by atoms with Gasteiger partial charge in [-0.15, -0.1) is 0 Å². The Balaban J connectivity index is 2.41. The van der Waals surface area contributed by atoms with E-state index in [1.807, 2.05) is 48.5 Å². The summed E-state index contributed by atoms with van der Waals surface area (Å²) < 4.78 is 26.3. The molecule has 4 nitrogen and oxygen atoms in total. The Morgan fingerprint density at radius 2 is 1.44 bits per heavy atom. The Morgan fingerprint density at radius 1 is 0.960 bits per heavy atom. The number of rotatable bonds is 8. The molecule has 0 bridgehead atoms. The minimum atomic E-state index is -3.44. The van der Waals surface area contributed by atoms with Crippen LogP contribution in [0.1, 0.15) is 30.8 Å². The van der Waals surface area contributed by atoms with E-state index in [9.17, 15) is 4.57 Å². The summed E-state index contributed by atoms with van der Waals surface area (Å²) in [7, 11) is -3.44. The van der Waals surface area contributed by atoms with Crippen molar-refractivity contribution in [1.82, 2.24) is 0 Å². The van der Waals surface area contributed by atoms with E-state index >= 15 is 0 Å². The minimum absolute atomic E-state index is 0.290. The van der Waals surface area contributed by atoms with Gasteiger partial charge in [-0.05, 0) is 49.2 Å². The molecule has 134 valence electrons. The van der Waals surface area contributed by atoms with Gasteiger partial charge in [-0.3, -0.25) is 9.56 Å². The van der Waals surface area contributed by atoms with Crippen molar-refractivity contribution in [2.24, 2.45) is 4.99 Å². The topological polar surface area (TPSA) is 47.9 Å². The molecule has 1 unspecified atom stereocenters. The fraction of sp³-hybridized carbons (Fsp3) is 0.278. The number of nitrogens with zero attached hydrogens (tertiary/aromatic N) is 1. The molecular formula is C18H20Br2NO3P. The van der Waals surface area contributed by atoms with Crippen molar-refractivity contribution in [3.8, 4) is 0 Å². The number of hydrogen-bond acceptors (Lipinski definition) is 4. The van der Waals surface area contributed by atoms with E-state index < -0.39 is 13.4 Å². The van der Waals surface area contributed by atoms with E-state index in [0.29, 0.717) is 0 Å². The molecule has 25 heavy (non-hydrogen) atoms. The third kappa shape index (κ3) is 5.87. The smallest absolute Gasteiger partial charge is 0.307 e. The van der Waals surface area contributed by atoms with Crippen molar-refractivity contribution >= 4 is 45.7 Å². The molecule has 2 aromatic carbocycles. The van der Waals surface area contributed by atoms with Crippen LogP contribution in [-0.2, 0) is 13.6 Å². The molecule has 0 aromatic heterocycles. The van der Waals surface area contributed by atoms with Crippen molar-refractivity contribution in [2.45, 2.75) is 19.6 Å². The highest BCUT2D eigenvalue weighted by molar-refractivity contribution is 9.10. The third-order valence-electron chi connectivity index (χ3n) is 3.32. The van der Waals surface area contributed by atoms with Gasteiger partial charge in [0.15, 0.2) is 5.78 Å². The van der Waals surface area contributed by atoms with E-state index in [2.05, 4.69) is 36.9 Å². The van der Waals surface area contributed by atoms with E-state index in [-0.39, 0.29) is 13.2 Å². The molecule has 0 amide bonds. The van der Waals surface area contributed by atoms with Gasteiger partial charge in [0.1, 0.15) is 0 Å². The zero-order chi connectivity index (χ0) is 18.3. The van der Waals surface area contributed by atoms with Crippen LogP contribution in [0.25, 0.3) is 0 Å². The lowest BCUT2D eigenvalue weighted by Crippen LogP contribution is -2.05. The first-order valence-corrected chi connectivity index (χ1v) is 11.1.